The molecule has 0 bridgehead atoms. The minimum absolute atomic E-state index is 0.0409. The van der Waals surface area contributed by atoms with E-state index in [9.17, 15) is 0 Å². The van der Waals surface area contributed by atoms with Crippen molar-refractivity contribution in [1.29, 1.82) is 0 Å². The van der Waals surface area contributed by atoms with Crippen LogP contribution >= 0.6 is 69.6 Å². The van der Waals surface area contributed by atoms with Crippen LogP contribution in [0.3, 0.4) is 0 Å². The zero-order valence-electron chi connectivity index (χ0n) is 6.37. The lowest BCUT2D eigenvalue weighted by atomic mass is 10.3. The molecule has 1 rings (SSSR count). The molecule has 1 aromatic rings. The van der Waals surface area contributed by atoms with Gasteiger partial charge in [0.15, 0.2) is 0 Å². The molecule has 0 N–H and O–H groups in total. The topological polar surface area (TPSA) is 25.8 Å². The molecule has 0 unspecified atom stereocenters. The first-order valence-electron chi connectivity index (χ1n) is 3.21. The van der Waals surface area contributed by atoms with Gasteiger partial charge < -0.3 is 0 Å². The average molecular weight is 315 g/mol. The van der Waals surface area contributed by atoms with E-state index in [0.29, 0.717) is 5.56 Å². The minimum Gasteiger partial charge on any atom is -0.218 e. The molecule has 0 saturated carbocycles. The van der Waals surface area contributed by atoms with Crippen molar-refractivity contribution >= 4 is 69.6 Å². The van der Waals surface area contributed by atoms with Gasteiger partial charge >= 0.3 is 0 Å². The molecule has 78 valence electrons. The highest BCUT2D eigenvalue weighted by molar-refractivity contribution is 6.66. The van der Waals surface area contributed by atoms with Gasteiger partial charge in [-0.15, -0.1) is 11.6 Å². The number of aromatic nitrogens is 2. The number of hydrogen-bond acceptors (Lipinski definition) is 2. The van der Waals surface area contributed by atoms with Crippen LogP contribution in [0.2, 0.25) is 10.4 Å². The standard InChI is InChI=1S/C6H2Cl6N2/c7-1-2-3(6(10,11)12)13-5(9)14-4(2)8/h1H2. The fourth-order valence-corrected chi connectivity index (χ4v) is 2.02. The molecule has 14 heavy (non-hydrogen) atoms. The molecule has 0 aliphatic heterocycles. The van der Waals surface area contributed by atoms with Crippen LogP contribution in [0.1, 0.15) is 11.3 Å². The zero-order chi connectivity index (χ0) is 10.9. The van der Waals surface area contributed by atoms with Gasteiger partial charge in [-0.1, -0.05) is 46.4 Å². The maximum Gasteiger partial charge on any atom is 0.233 e. The Morgan fingerprint density at radius 1 is 1.07 bits per heavy atom. The van der Waals surface area contributed by atoms with Crippen LogP contribution in [0.15, 0.2) is 0 Å². The fourth-order valence-electron chi connectivity index (χ4n) is 0.784. The summed E-state index contributed by atoms with van der Waals surface area (Å²) < 4.78 is -1.72. The molecular weight excluding hydrogens is 313 g/mol. The Kier molecular flexibility index (Phi) is 4.39. The lowest BCUT2D eigenvalue weighted by Gasteiger charge is -2.14. The summed E-state index contributed by atoms with van der Waals surface area (Å²) >= 11 is 33.9. The van der Waals surface area contributed by atoms with Crippen molar-refractivity contribution in [2.45, 2.75) is 9.67 Å². The van der Waals surface area contributed by atoms with E-state index in [-0.39, 0.29) is 22.0 Å². The number of rotatable bonds is 1. The second-order valence-electron chi connectivity index (χ2n) is 2.24. The van der Waals surface area contributed by atoms with Crippen LogP contribution in [0.4, 0.5) is 0 Å². The van der Waals surface area contributed by atoms with E-state index in [2.05, 4.69) is 9.97 Å². The molecule has 0 atom stereocenters. The average Bonchev–Trinajstić information content (AvgIpc) is 2.01. The van der Waals surface area contributed by atoms with Gasteiger partial charge in [0.2, 0.25) is 9.08 Å². The molecule has 0 amide bonds. The second-order valence-corrected chi connectivity index (χ2v) is 5.49. The predicted octanol–water partition coefficient (Wildman–Crippen LogP) is 4.35. The third-order valence-corrected chi connectivity index (χ3v) is 2.62. The van der Waals surface area contributed by atoms with Crippen LogP contribution in [-0.4, -0.2) is 9.97 Å². The largest absolute Gasteiger partial charge is 0.233 e. The maximum atomic E-state index is 5.74. The number of alkyl halides is 4. The third kappa shape index (κ3) is 2.91. The molecular formula is C6H2Cl6N2. The molecule has 0 spiro atoms. The summed E-state index contributed by atoms with van der Waals surface area (Å²) in [5, 5.41) is -0.00785. The summed E-state index contributed by atoms with van der Waals surface area (Å²) in [6, 6.07) is 0. The van der Waals surface area contributed by atoms with E-state index in [0.717, 1.165) is 0 Å². The monoisotopic (exact) mass is 312 g/mol. The number of hydrogen-bond donors (Lipinski definition) is 0. The highest BCUT2D eigenvalue weighted by Crippen LogP contribution is 2.41. The minimum atomic E-state index is -1.72. The first-order valence-corrected chi connectivity index (χ1v) is 5.63. The van der Waals surface area contributed by atoms with Crippen molar-refractivity contribution in [2.75, 3.05) is 0 Å². The van der Waals surface area contributed by atoms with Gasteiger partial charge in [0.05, 0.1) is 5.88 Å². The lowest BCUT2D eigenvalue weighted by molar-refractivity contribution is 0.990. The molecule has 0 aliphatic carbocycles. The summed E-state index contributed by atoms with van der Waals surface area (Å²) in [6.07, 6.45) is 0. The van der Waals surface area contributed by atoms with Crippen LogP contribution in [0, 0.1) is 0 Å². The maximum absolute atomic E-state index is 5.74. The fraction of sp³-hybridized carbons (Fsp3) is 0.333. The van der Waals surface area contributed by atoms with E-state index < -0.39 is 3.79 Å². The van der Waals surface area contributed by atoms with Crippen molar-refractivity contribution in [2.24, 2.45) is 0 Å². The molecule has 2 nitrogen and oxygen atoms in total. The molecule has 0 fully saturated rings. The van der Waals surface area contributed by atoms with E-state index in [1.807, 2.05) is 0 Å². The summed E-state index contributed by atoms with van der Waals surface area (Å²) in [5.74, 6) is 0.0409. The molecule has 0 saturated heterocycles. The Bertz CT molecular complexity index is 347. The Labute approximate surface area is 110 Å². The van der Waals surface area contributed by atoms with Crippen molar-refractivity contribution in [3.05, 3.63) is 21.7 Å². The van der Waals surface area contributed by atoms with Crippen LogP contribution in [0.25, 0.3) is 0 Å². The Balaban J connectivity index is 3.40. The van der Waals surface area contributed by atoms with E-state index in [1.54, 1.807) is 0 Å². The molecule has 0 radical (unpaired) electrons. The molecule has 1 aromatic heterocycles. The first-order chi connectivity index (χ1) is 6.36. The van der Waals surface area contributed by atoms with Gasteiger partial charge in [-0.05, 0) is 11.6 Å². The summed E-state index contributed by atoms with van der Waals surface area (Å²) in [7, 11) is 0. The van der Waals surface area contributed by atoms with Gasteiger partial charge in [-0.2, -0.15) is 0 Å². The van der Waals surface area contributed by atoms with Gasteiger partial charge in [0, 0.05) is 5.56 Å². The van der Waals surface area contributed by atoms with Crippen molar-refractivity contribution < 1.29 is 0 Å². The molecule has 1 heterocycles. The van der Waals surface area contributed by atoms with E-state index in [4.69, 9.17) is 69.6 Å². The second kappa shape index (κ2) is 4.77. The van der Waals surface area contributed by atoms with E-state index >= 15 is 0 Å². The highest BCUT2D eigenvalue weighted by atomic mass is 35.6. The third-order valence-electron chi connectivity index (χ3n) is 1.33. The van der Waals surface area contributed by atoms with E-state index in [1.165, 1.54) is 0 Å². The summed E-state index contributed by atoms with van der Waals surface area (Å²) in [5.41, 5.74) is 0.459. The number of halogens is 6. The van der Waals surface area contributed by atoms with Crippen LogP contribution in [-0.2, 0) is 9.67 Å². The lowest BCUT2D eigenvalue weighted by Crippen LogP contribution is -2.10. The van der Waals surface area contributed by atoms with Gasteiger partial charge in [-0.3, -0.25) is 0 Å². The molecule has 0 aromatic carbocycles. The Morgan fingerprint density at radius 2 is 1.64 bits per heavy atom. The number of nitrogens with zero attached hydrogens (tertiary/aromatic N) is 2. The smallest absolute Gasteiger partial charge is 0.218 e. The van der Waals surface area contributed by atoms with Crippen LogP contribution in [0.5, 0.6) is 0 Å². The zero-order valence-corrected chi connectivity index (χ0v) is 10.9. The summed E-state index contributed by atoms with van der Waals surface area (Å²) in [6.45, 7) is 0. The van der Waals surface area contributed by atoms with Crippen molar-refractivity contribution in [3.8, 4) is 0 Å². The SMILES string of the molecule is ClCc1c(Cl)nc(Cl)nc1C(Cl)(Cl)Cl. The van der Waals surface area contributed by atoms with Crippen LogP contribution < -0.4 is 0 Å². The van der Waals surface area contributed by atoms with Crippen molar-refractivity contribution in [3.63, 3.8) is 0 Å². The van der Waals surface area contributed by atoms with Gasteiger partial charge in [0.1, 0.15) is 10.8 Å². The summed E-state index contributed by atoms with van der Waals surface area (Å²) in [4.78, 5) is 7.44. The Hall–Kier alpha value is 0.820. The van der Waals surface area contributed by atoms with Gasteiger partial charge in [0.25, 0.3) is 0 Å². The Morgan fingerprint density at radius 3 is 2.07 bits per heavy atom. The molecule has 8 heteroatoms. The quantitative estimate of drug-likeness (QED) is 0.437. The predicted molar refractivity (Wildman–Crippen MR) is 60.8 cm³/mol. The van der Waals surface area contributed by atoms with Crippen molar-refractivity contribution in [1.82, 2.24) is 9.97 Å². The molecule has 0 aliphatic rings. The first kappa shape index (κ1) is 12.9. The normalized spacial score (nSPS) is 11.9. The van der Waals surface area contributed by atoms with Gasteiger partial charge in [-0.25, -0.2) is 9.97 Å². The highest BCUT2D eigenvalue weighted by Gasteiger charge is 2.30.